The number of hydrogen-bond donors (Lipinski definition) is 1. The van der Waals surface area contributed by atoms with Gasteiger partial charge in [0, 0.05) is 0 Å². The van der Waals surface area contributed by atoms with Gasteiger partial charge in [-0.25, -0.2) is 0 Å². The molecule has 0 aliphatic carbocycles. The first-order valence-electron chi connectivity index (χ1n) is 20.1. The van der Waals surface area contributed by atoms with E-state index < -0.39 is 0 Å². The van der Waals surface area contributed by atoms with Crippen LogP contribution in [0.4, 0.5) is 0 Å². The van der Waals surface area contributed by atoms with Crippen LogP contribution in [-0.2, 0) is 0 Å². The Balaban J connectivity index is 3.07. The van der Waals surface area contributed by atoms with Crippen LogP contribution >= 0.6 is 0 Å². The molecule has 0 aliphatic heterocycles. The van der Waals surface area contributed by atoms with Crippen LogP contribution in [-0.4, -0.2) is 11.2 Å². The molecule has 1 N–H and O–H groups in total. The molecular weight excluding hydrogens is 508 g/mol. The molecule has 0 fully saturated rings. The number of aliphatic hydroxyl groups excluding tert-OH is 1. The molecule has 42 heavy (non-hydrogen) atoms. The van der Waals surface area contributed by atoms with E-state index in [0.29, 0.717) is 0 Å². The molecule has 1 heteroatoms. The molecule has 0 saturated heterocycles. The Hall–Kier alpha value is -0.300. The molecule has 252 valence electrons. The smallest absolute Gasteiger partial charge is 0.0540 e. The van der Waals surface area contributed by atoms with Crippen LogP contribution in [0.1, 0.15) is 245 Å². The van der Waals surface area contributed by atoms with E-state index in [2.05, 4.69) is 26.0 Å². The Bertz CT molecular complexity index is 483. The van der Waals surface area contributed by atoms with E-state index >= 15 is 0 Å². The van der Waals surface area contributed by atoms with Gasteiger partial charge in [-0.15, -0.1) is 0 Å². The molecule has 0 aromatic carbocycles. The van der Waals surface area contributed by atoms with Crippen LogP contribution in [0.25, 0.3) is 0 Å². The fraction of sp³-hybridized carbons (Fsp3) is 0.951. The molecular formula is C41H82O. The summed E-state index contributed by atoms with van der Waals surface area (Å²) in [6.45, 7) is 4.48. The summed E-state index contributed by atoms with van der Waals surface area (Å²) >= 11 is 0. The van der Waals surface area contributed by atoms with E-state index in [1.165, 1.54) is 218 Å². The van der Waals surface area contributed by atoms with Crippen molar-refractivity contribution in [2.45, 2.75) is 251 Å². The van der Waals surface area contributed by atoms with E-state index in [0.717, 1.165) is 12.8 Å². The van der Waals surface area contributed by atoms with Crippen LogP contribution in [0.2, 0.25) is 0 Å². The zero-order chi connectivity index (χ0) is 30.4. The lowest BCUT2D eigenvalue weighted by Crippen LogP contribution is -2.05. The number of aliphatic hydroxyl groups is 1. The van der Waals surface area contributed by atoms with Crippen molar-refractivity contribution in [1.82, 2.24) is 0 Å². The Kier molecular flexibility index (Phi) is 38.4. The molecule has 0 bridgehead atoms. The molecule has 0 unspecified atom stereocenters. The highest BCUT2D eigenvalue weighted by Crippen LogP contribution is 2.17. The van der Waals surface area contributed by atoms with Crippen molar-refractivity contribution in [3.8, 4) is 0 Å². The molecule has 0 amide bonds. The minimum atomic E-state index is -0.0350. The number of hydrogen-bond acceptors (Lipinski definition) is 1. The van der Waals surface area contributed by atoms with E-state index in [-0.39, 0.29) is 6.10 Å². The highest BCUT2D eigenvalue weighted by atomic mass is 16.3. The maximum atomic E-state index is 9.90. The summed E-state index contributed by atoms with van der Waals surface area (Å²) in [6.07, 6.45) is 55.0. The predicted molar refractivity (Wildman–Crippen MR) is 193 cm³/mol. The van der Waals surface area contributed by atoms with Gasteiger partial charge in [0.15, 0.2) is 0 Å². The van der Waals surface area contributed by atoms with Gasteiger partial charge in [0.05, 0.1) is 6.10 Å². The fourth-order valence-electron chi connectivity index (χ4n) is 6.38. The molecule has 0 aliphatic rings. The molecule has 1 nitrogen and oxygen atoms in total. The Morgan fingerprint density at radius 1 is 0.310 bits per heavy atom. The number of rotatable bonds is 37. The number of unbranched alkanes of at least 4 members (excludes halogenated alkanes) is 31. The Labute approximate surface area is 267 Å². The Morgan fingerprint density at radius 2 is 0.548 bits per heavy atom. The van der Waals surface area contributed by atoms with Crippen LogP contribution in [0.15, 0.2) is 12.2 Å². The lowest BCUT2D eigenvalue weighted by molar-refractivity contribution is 0.148. The van der Waals surface area contributed by atoms with Gasteiger partial charge in [0.25, 0.3) is 0 Å². The largest absolute Gasteiger partial charge is 0.393 e. The molecule has 0 aromatic heterocycles. The first-order valence-corrected chi connectivity index (χ1v) is 20.1. The van der Waals surface area contributed by atoms with Crippen molar-refractivity contribution in [2.24, 2.45) is 0 Å². The van der Waals surface area contributed by atoms with Gasteiger partial charge in [-0.2, -0.15) is 0 Å². The summed E-state index contributed by atoms with van der Waals surface area (Å²) in [5, 5.41) is 9.90. The van der Waals surface area contributed by atoms with Crippen molar-refractivity contribution >= 4 is 0 Å². The molecule has 0 radical (unpaired) electrons. The third-order valence-electron chi connectivity index (χ3n) is 9.44. The van der Waals surface area contributed by atoms with E-state index in [9.17, 15) is 5.11 Å². The molecule has 0 spiro atoms. The van der Waals surface area contributed by atoms with Crippen molar-refractivity contribution in [3.05, 3.63) is 12.2 Å². The van der Waals surface area contributed by atoms with Crippen LogP contribution in [0, 0.1) is 0 Å². The van der Waals surface area contributed by atoms with Gasteiger partial charge in [0.1, 0.15) is 0 Å². The first kappa shape index (κ1) is 41.7. The van der Waals surface area contributed by atoms with Gasteiger partial charge in [-0.05, 0) is 32.1 Å². The van der Waals surface area contributed by atoms with E-state index in [1.54, 1.807) is 0 Å². The molecule has 0 saturated carbocycles. The number of allylic oxidation sites excluding steroid dienone is 2. The van der Waals surface area contributed by atoms with Gasteiger partial charge in [-0.1, -0.05) is 225 Å². The van der Waals surface area contributed by atoms with Gasteiger partial charge in [0.2, 0.25) is 0 Å². The highest BCUT2D eigenvalue weighted by molar-refractivity contribution is 4.81. The lowest BCUT2D eigenvalue weighted by Gasteiger charge is -2.09. The average molecular weight is 591 g/mol. The predicted octanol–water partition coefficient (Wildman–Crippen LogP) is 15.0. The molecule has 0 aromatic rings. The second-order valence-corrected chi connectivity index (χ2v) is 13.9. The van der Waals surface area contributed by atoms with Gasteiger partial charge >= 0.3 is 0 Å². The third-order valence-corrected chi connectivity index (χ3v) is 9.44. The monoisotopic (exact) mass is 591 g/mol. The zero-order valence-electron chi connectivity index (χ0n) is 29.6. The standard InChI is InChI=1S/C41H82O/c1-3-5-7-8-9-10-11-12-13-14-15-16-17-18-19-20-21-22-23-24-25-26-27-28-29-30-31-32-33-34-35-36-37-38-40-41(42)39-6-4-2/h8-9,41-42H,3-7,10-40H2,1-2H3/t41-/m0/s1. The summed E-state index contributed by atoms with van der Waals surface area (Å²) < 4.78 is 0. The van der Waals surface area contributed by atoms with Crippen molar-refractivity contribution in [2.75, 3.05) is 0 Å². The minimum Gasteiger partial charge on any atom is -0.393 e. The second-order valence-electron chi connectivity index (χ2n) is 13.9. The maximum Gasteiger partial charge on any atom is 0.0540 e. The Morgan fingerprint density at radius 3 is 0.857 bits per heavy atom. The SMILES string of the molecule is CCCCC=CCCCCCCCCCCCCCCCCCCCCCCCCCCCCCC[C@@H](O)CCCC. The van der Waals surface area contributed by atoms with Crippen molar-refractivity contribution in [3.63, 3.8) is 0 Å². The normalized spacial score (nSPS) is 12.5. The summed E-state index contributed by atoms with van der Waals surface area (Å²) in [6, 6.07) is 0. The average Bonchev–Trinajstić information content (AvgIpc) is 3.00. The summed E-state index contributed by atoms with van der Waals surface area (Å²) in [5.74, 6) is 0. The van der Waals surface area contributed by atoms with Gasteiger partial charge in [-0.3, -0.25) is 0 Å². The van der Waals surface area contributed by atoms with E-state index in [1.807, 2.05) is 0 Å². The van der Waals surface area contributed by atoms with Crippen LogP contribution in [0.3, 0.4) is 0 Å². The van der Waals surface area contributed by atoms with Crippen LogP contribution < -0.4 is 0 Å². The lowest BCUT2D eigenvalue weighted by atomic mass is 10.0. The summed E-state index contributed by atoms with van der Waals surface area (Å²) in [7, 11) is 0. The second kappa shape index (κ2) is 38.7. The topological polar surface area (TPSA) is 20.2 Å². The van der Waals surface area contributed by atoms with Gasteiger partial charge < -0.3 is 5.11 Å². The third kappa shape index (κ3) is 37.7. The summed E-state index contributed by atoms with van der Waals surface area (Å²) in [4.78, 5) is 0. The minimum absolute atomic E-state index is 0.0350. The maximum absolute atomic E-state index is 9.90. The van der Waals surface area contributed by atoms with Crippen molar-refractivity contribution < 1.29 is 5.11 Å². The molecule has 1 atom stereocenters. The quantitative estimate of drug-likeness (QED) is 0.0563. The highest BCUT2D eigenvalue weighted by Gasteiger charge is 2.02. The molecule has 0 rings (SSSR count). The first-order chi connectivity index (χ1) is 20.8. The fourth-order valence-corrected chi connectivity index (χ4v) is 6.38. The van der Waals surface area contributed by atoms with Crippen molar-refractivity contribution in [1.29, 1.82) is 0 Å². The zero-order valence-corrected chi connectivity index (χ0v) is 29.6. The van der Waals surface area contributed by atoms with Crippen LogP contribution in [0.5, 0.6) is 0 Å². The summed E-state index contributed by atoms with van der Waals surface area (Å²) in [5.41, 5.74) is 0. The molecule has 0 heterocycles. The van der Waals surface area contributed by atoms with E-state index in [4.69, 9.17) is 0 Å².